The summed E-state index contributed by atoms with van der Waals surface area (Å²) < 4.78 is 30.4. The number of amides is 1. The summed E-state index contributed by atoms with van der Waals surface area (Å²) in [7, 11) is -3.66. The van der Waals surface area contributed by atoms with Crippen molar-refractivity contribution >= 4 is 43.2 Å². The molecule has 0 radical (unpaired) electrons. The number of sulfonamides is 1. The Hall–Kier alpha value is -2.89. The van der Waals surface area contributed by atoms with E-state index in [2.05, 4.69) is 4.99 Å². The number of carbonyl (C=O) groups excluding carboxylic acids is 1. The molecule has 1 aromatic heterocycles. The van der Waals surface area contributed by atoms with Crippen LogP contribution in [0.15, 0.2) is 52.4 Å². The summed E-state index contributed by atoms with van der Waals surface area (Å²) in [5.74, 6) is -0.501. The number of nitro benzene ring substituents is 1. The van der Waals surface area contributed by atoms with Crippen molar-refractivity contribution in [3.8, 4) is 0 Å². The number of non-ortho nitro benzene ring substituents is 1. The van der Waals surface area contributed by atoms with Crippen molar-refractivity contribution in [2.24, 2.45) is 4.99 Å². The van der Waals surface area contributed by atoms with Gasteiger partial charge in [-0.1, -0.05) is 44.9 Å². The molecule has 36 heavy (non-hydrogen) atoms. The highest BCUT2D eigenvalue weighted by Crippen LogP contribution is 2.24. The minimum atomic E-state index is -3.66. The monoisotopic (exact) mass is 532 g/mol. The quantitative estimate of drug-likeness (QED) is 0.230. The Morgan fingerprint density at radius 3 is 2.22 bits per heavy atom. The number of aromatic nitrogens is 1. The fourth-order valence-corrected chi connectivity index (χ4v) is 6.40. The maximum absolute atomic E-state index is 13.2. The summed E-state index contributed by atoms with van der Waals surface area (Å²) >= 11 is 1.21. The number of unbranched alkanes of at least 4 members (excludes halogenated alkanes) is 2. The lowest BCUT2D eigenvalue weighted by Crippen LogP contribution is -2.33. The van der Waals surface area contributed by atoms with Gasteiger partial charge in [-0.3, -0.25) is 14.9 Å². The first-order valence-electron chi connectivity index (χ1n) is 12.2. The van der Waals surface area contributed by atoms with Gasteiger partial charge in [0, 0.05) is 37.3 Å². The molecule has 0 saturated heterocycles. The van der Waals surface area contributed by atoms with E-state index in [0.29, 0.717) is 29.1 Å². The normalized spacial score (nSPS) is 12.5. The van der Waals surface area contributed by atoms with Crippen LogP contribution in [0.5, 0.6) is 0 Å². The Morgan fingerprint density at radius 2 is 1.67 bits per heavy atom. The predicted octanol–water partition coefficient (Wildman–Crippen LogP) is 5.35. The van der Waals surface area contributed by atoms with Crippen molar-refractivity contribution in [1.29, 1.82) is 0 Å². The van der Waals surface area contributed by atoms with Crippen LogP contribution in [-0.4, -0.2) is 41.2 Å². The molecule has 0 atom stereocenters. The van der Waals surface area contributed by atoms with Crippen molar-refractivity contribution in [3.63, 3.8) is 0 Å². The molecular formula is C25H32N4O5S2. The van der Waals surface area contributed by atoms with Gasteiger partial charge in [0.25, 0.3) is 11.6 Å². The number of benzene rings is 2. The van der Waals surface area contributed by atoms with Gasteiger partial charge in [0.15, 0.2) is 4.80 Å². The number of fused-ring (bicyclic) bond motifs is 1. The van der Waals surface area contributed by atoms with E-state index in [0.717, 1.165) is 37.6 Å². The SMILES string of the molecule is CCCCN(CCCC)S(=O)(=O)c1ccc(C(=O)N=c2sc3cc([N+](=O)[O-])ccc3n2CCC)cc1. The van der Waals surface area contributed by atoms with E-state index in [1.807, 2.05) is 25.3 Å². The molecule has 1 amide bonds. The zero-order valence-corrected chi connectivity index (χ0v) is 22.5. The Morgan fingerprint density at radius 1 is 1.03 bits per heavy atom. The van der Waals surface area contributed by atoms with Gasteiger partial charge < -0.3 is 4.57 Å². The van der Waals surface area contributed by atoms with Gasteiger partial charge in [-0.05, 0) is 49.6 Å². The highest BCUT2D eigenvalue weighted by Gasteiger charge is 2.24. The standard InChI is InChI=1S/C25H32N4O5S2/c1-4-7-16-27(17-8-5-2)36(33,34)21-12-9-19(10-13-21)24(30)26-25-28(15-6-3)22-14-11-20(29(31)32)18-23(22)35-25/h9-14,18H,4-8,15-17H2,1-3H3. The zero-order chi connectivity index (χ0) is 26.3. The predicted molar refractivity (Wildman–Crippen MR) is 142 cm³/mol. The summed E-state index contributed by atoms with van der Waals surface area (Å²) in [6, 6.07) is 10.5. The van der Waals surface area contributed by atoms with Crippen LogP contribution >= 0.6 is 11.3 Å². The molecular weight excluding hydrogens is 500 g/mol. The van der Waals surface area contributed by atoms with Gasteiger partial charge >= 0.3 is 0 Å². The van der Waals surface area contributed by atoms with Gasteiger partial charge in [0.1, 0.15) is 0 Å². The van der Waals surface area contributed by atoms with E-state index in [9.17, 15) is 23.3 Å². The Kier molecular flexibility index (Phi) is 9.52. The summed E-state index contributed by atoms with van der Waals surface area (Å²) in [5.41, 5.74) is 1.03. The fraction of sp³-hybridized carbons (Fsp3) is 0.440. The minimum absolute atomic E-state index is 0.0195. The van der Waals surface area contributed by atoms with Crippen molar-refractivity contribution in [1.82, 2.24) is 8.87 Å². The molecule has 0 aliphatic rings. The van der Waals surface area contributed by atoms with Gasteiger partial charge in [-0.25, -0.2) is 8.42 Å². The van der Waals surface area contributed by atoms with Crippen LogP contribution < -0.4 is 4.80 Å². The molecule has 0 unspecified atom stereocenters. The molecule has 11 heteroatoms. The molecule has 0 aliphatic heterocycles. The van der Waals surface area contributed by atoms with E-state index in [1.165, 1.54) is 52.0 Å². The first-order valence-corrected chi connectivity index (χ1v) is 14.5. The molecule has 9 nitrogen and oxygen atoms in total. The molecule has 0 saturated carbocycles. The van der Waals surface area contributed by atoms with Crippen LogP contribution in [-0.2, 0) is 16.6 Å². The van der Waals surface area contributed by atoms with Crippen LogP contribution in [0.25, 0.3) is 10.2 Å². The highest BCUT2D eigenvalue weighted by atomic mass is 32.2. The largest absolute Gasteiger partial charge is 0.316 e. The number of aryl methyl sites for hydroxylation is 1. The topological polar surface area (TPSA) is 115 Å². The molecule has 0 N–H and O–H groups in total. The Bertz CT molecular complexity index is 1380. The maximum atomic E-state index is 13.2. The summed E-state index contributed by atoms with van der Waals surface area (Å²) in [6.07, 6.45) is 4.17. The van der Waals surface area contributed by atoms with Crippen molar-refractivity contribution in [2.75, 3.05) is 13.1 Å². The number of rotatable bonds is 12. The number of nitrogens with zero attached hydrogens (tertiary/aromatic N) is 4. The first-order chi connectivity index (χ1) is 17.2. The Balaban J connectivity index is 1.93. The van der Waals surface area contributed by atoms with Gasteiger partial charge in [-0.15, -0.1) is 0 Å². The molecule has 194 valence electrons. The molecule has 0 fully saturated rings. The smallest absolute Gasteiger partial charge is 0.279 e. The van der Waals surface area contributed by atoms with E-state index < -0.39 is 20.9 Å². The molecule has 3 aromatic rings. The molecule has 3 rings (SSSR count). The van der Waals surface area contributed by atoms with Crippen molar-refractivity contribution in [3.05, 3.63) is 62.9 Å². The number of hydrogen-bond donors (Lipinski definition) is 0. The van der Waals surface area contributed by atoms with E-state index in [-0.39, 0.29) is 16.1 Å². The van der Waals surface area contributed by atoms with Crippen LogP contribution in [0, 0.1) is 10.1 Å². The van der Waals surface area contributed by atoms with Crippen LogP contribution in [0.3, 0.4) is 0 Å². The number of carbonyl (C=O) groups is 1. The lowest BCUT2D eigenvalue weighted by atomic mass is 10.2. The molecule has 0 aliphatic carbocycles. The summed E-state index contributed by atoms with van der Waals surface area (Å²) in [5, 5.41) is 11.1. The van der Waals surface area contributed by atoms with Crippen LogP contribution in [0.1, 0.15) is 63.2 Å². The second-order valence-corrected chi connectivity index (χ2v) is 11.4. The van der Waals surface area contributed by atoms with Crippen LogP contribution in [0.2, 0.25) is 0 Å². The van der Waals surface area contributed by atoms with E-state index in [1.54, 1.807) is 6.07 Å². The second kappa shape index (κ2) is 12.4. The van der Waals surface area contributed by atoms with Gasteiger partial charge in [0.2, 0.25) is 10.0 Å². The molecule has 0 spiro atoms. The van der Waals surface area contributed by atoms with E-state index in [4.69, 9.17) is 0 Å². The van der Waals surface area contributed by atoms with Crippen molar-refractivity contribution < 1.29 is 18.1 Å². The third kappa shape index (κ3) is 6.26. The summed E-state index contributed by atoms with van der Waals surface area (Å²) in [6.45, 7) is 7.59. The Labute approximate surface area is 215 Å². The molecule has 1 heterocycles. The number of thiazole rings is 1. The minimum Gasteiger partial charge on any atom is -0.316 e. The third-order valence-corrected chi connectivity index (χ3v) is 8.74. The lowest BCUT2D eigenvalue weighted by Gasteiger charge is -2.22. The number of hydrogen-bond acceptors (Lipinski definition) is 6. The van der Waals surface area contributed by atoms with Crippen LogP contribution in [0.4, 0.5) is 5.69 Å². The zero-order valence-electron chi connectivity index (χ0n) is 20.8. The summed E-state index contributed by atoms with van der Waals surface area (Å²) in [4.78, 5) is 28.5. The van der Waals surface area contributed by atoms with E-state index >= 15 is 0 Å². The third-order valence-electron chi connectivity index (χ3n) is 5.78. The molecule has 0 bridgehead atoms. The average Bonchev–Trinajstić information content (AvgIpc) is 3.20. The highest BCUT2D eigenvalue weighted by molar-refractivity contribution is 7.89. The van der Waals surface area contributed by atoms with Gasteiger partial charge in [0.05, 0.1) is 20.0 Å². The fourth-order valence-electron chi connectivity index (χ4n) is 3.79. The first kappa shape index (κ1) is 27.7. The maximum Gasteiger partial charge on any atom is 0.279 e. The average molecular weight is 533 g/mol. The lowest BCUT2D eigenvalue weighted by molar-refractivity contribution is -0.384. The number of nitro groups is 1. The van der Waals surface area contributed by atoms with Crippen molar-refractivity contribution in [2.45, 2.75) is 64.3 Å². The molecule has 2 aromatic carbocycles. The van der Waals surface area contributed by atoms with Gasteiger partial charge in [-0.2, -0.15) is 9.30 Å². The second-order valence-electron chi connectivity index (χ2n) is 8.50.